The van der Waals surface area contributed by atoms with Crippen LogP contribution < -0.4 is 5.73 Å². The van der Waals surface area contributed by atoms with Crippen molar-refractivity contribution in [3.05, 3.63) is 0 Å². The van der Waals surface area contributed by atoms with Crippen LogP contribution in [0.15, 0.2) is 0 Å². The standard InChI is InChI=1S/C9H15N3O2S/c1-11-3-2-4-12(6-9(11)14)8(13)5-7(10)15/h2-6H2,1H3,(H2,10,15). The summed E-state index contributed by atoms with van der Waals surface area (Å²) in [6.45, 7) is 1.42. The van der Waals surface area contributed by atoms with Gasteiger partial charge >= 0.3 is 0 Å². The van der Waals surface area contributed by atoms with Crippen LogP contribution in [0.2, 0.25) is 0 Å². The summed E-state index contributed by atoms with van der Waals surface area (Å²) >= 11 is 4.66. The number of carbonyl (C=O) groups is 2. The first kappa shape index (κ1) is 11.9. The first-order valence-corrected chi connectivity index (χ1v) is 5.21. The van der Waals surface area contributed by atoms with Crippen molar-refractivity contribution in [1.29, 1.82) is 0 Å². The Morgan fingerprint density at radius 3 is 2.80 bits per heavy atom. The van der Waals surface area contributed by atoms with Crippen molar-refractivity contribution < 1.29 is 9.59 Å². The summed E-state index contributed by atoms with van der Waals surface area (Å²) in [5.41, 5.74) is 5.29. The van der Waals surface area contributed by atoms with E-state index in [1.54, 1.807) is 11.9 Å². The molecule has 5 nitrogen and oxygen atoms in total. The van der Waals surface area contributed by atoms with E-state index in [0.29, 0.717) is 13.1 Å². The van der Waals surface area contributed by atoms with Crippen molar-refractivity contribution in [3.63, 3.8) is 0 Å². The monoisotopic (exact) mass is 229 g/mol. The highest BCUT2D eigenvalue weighted by molar-refractivity contribution is 7.80. The molecule has 84 valence electrons. The van der Waals surface area contributed by atoms with Crippen LogP contribution in [0.25, 0.3) is 0 Å². The molecule has 0 unspecified atom stereocenters. The molecule has 0 aromatic carbocycles. The fraction of sp³-hybridized carbons (Fsp3) is 0.667. The highest BCUT2D eigenvalue weighted by atomic mass is 32.1. The Morgan fingerprint density at radius 1 is 1.53 bits per heavy atom. The molecule has 0 saturated carbocycles. The molecule has 0 atom stereocenters. The zero-order chi connectivity index (χ0) is 11.4. The molecule has 0 spiro atoms. The first-order valence-electron chi connectivity index (χ1n) is 4.80. The Bertz CT molecular complexity index is 293. The zero-order valence-corrected chi connectivity index (χ0v) is 9.55. The van der Waals surface area contributed by atoms with Crippen LogP contribution in [0.5, 0.6) is 0 Å². The molecule has 1 heterocycles. The summed E-state index contributed by atoms with van der Waals surface area (Å²) in [6.07, 6.45) is 0.845. The average molecular weight is 229 g/mol. The second-order valence-corrected chi connectivity index (χ2v) is 4.15. The quantitative estimate of drug-likeness (QED) is 0.639. The molecule has 1 fully saturated rings. The van der Waals surface area contributed by atoms with Gasteiger partial charge in [-0.15, -0.1) is 0 Å². The predicted molar refractivity (Wildman–Crippen MR) is 60.2 cm³/mol. The van der Waals surface area contributed by atoms with Crippen LogP contribution >= 0.6 is 12.2 Å². The molecule has 0 aromatic heterocycles. The van der Waals surface area contributed by atoms with Crippen LogP contribution in [0.1, 0.15) is 12.8 Å². The summed E-state index contributed by atoms with van der Waals surface area (Å²) in [6, 6.07) is 0. The minimum atomic E-state index is -0.161. The normalized spacial score (nSPS) is 17.5. The van der Waals surface area contributed by atoms with Gasteiger partial charge in [0.1, 0.15) is 0 Å². The second kappa shape index (κ2) is 5.06. The number of hydrogen-bond donors (Lipinski definition) is 1. The molecule has 0 aliphatic carbocycles. The summed E-state index contributed by atoms with van der Waals surface area (Å²) in [7, 11) is 1.74. The van der Waals surface area contributed by atoms with Gasteiger partial charge in [0.25, 0.3) is 0 Å². The van der Waals surface area contributed by atoms with Gasteiger partial charge in [-0.25, -0.2) is 0 Å². The van der Waals surface area contributed by atoms with Gasteiger partial charge < -0.3 is 15.5 Å². The van der Waals surface area contributed by atoms with Crippen molar-refractivity contribution in [2.24, 2.45) is 5.73 Å². The van der Waals surface area contributed by atoms with Crippen molar-refractivity contribution in [1.82, 2.24) is 9.80 Å². The molecule has 0 radical (unpaired) electrons. The summed E-state index contributed by atoms with van der Waals surface area (Å²) < 4.78 is 0. The van der Waals surface area contributed by atoms with Crippen molar-refractivity contribution in [2.75, 3.05) is 26.7 Å². The topological polar surface area (TPSA) is 66.6 Å². The van der Waals surface area contributed by atoms with E-state index in [1.807, 2.05) is 0 Å². The molecular formula is C9H15N3O2S. The Hall–Kier alpha value is -1.17. The number of rotatable bonds is 2. The first-order chi connectivity index (χ1) is 7.00. The third-order valence-corrected chi connectivity index (χ3v) is 2.50. The fourth-order valence-corrected chi connectivity index (χ4v) is 1.58. The Balaban J connectivity index is 2.58. The second-order valence-electron chi connectivity index (χ2n) is 3.63. The maximum absolute atomic E-state index is 11.6. The van der Waals surface area contributed by atoms with E-state index in [1.165, 1.54) is 4.90 Å². The van der Waals surface area contributed by atoms with E-state index in [-0.39, 0.29) is 29.8 Å². The van der Waals surface area contributed by atoms with Crippen LogP contribution in [-0.4, -0.2) is 53.3 Å². The molecule has 2 amide bonds. The zero-order valence-electron chi connectivity index (χ0n) is 8.73. The highest BCUT2D eigenvalue weighted by Crippen LogP contribution is 2.04. The van der Waals surface area contributed by atoms with Crippen LogP contribution in [-0.2, 0) is 9.59 Å². The number of amides is 2. The molecule has 6 heteroatoms. The van der Waals surface area contributed by atoms with Gasteiger partial charge in [0.15, 0.2) is 0 Å². The van der Waals surface area contributed by atoms with Crippen LogP contribution in [0, 0.1) is 0 Å². The Kier molecular flexibility index (Phi) is 4.02. The fourth-order valence-electron chi connectivity index (χ4n) is 1.46. The Labute approximate surface area is 94.2 Å². The number of likely N-dealkylation sites (N-methyl/N-ethyl adjacent to an activating group) is 1. The van der Waals surface area contributed by atoms with Crippen molar-refractivity contribution in [2.45, 2.75) is 12.8 Å². The summed E-state index contributed by atoms with van der Waals surface area (Å²) in [4.78, 5) is 26.4. The molecular weight excluding hydrogens is 214 g/mol. The third kappa shape index (κ3) is 3.47. The smallest absolute Gasteiger partial charge is 0.241 e. The van der Waals surface area contributed by atoms with E-state index in [0.717, 1.165) is 6.42 Å². The minimum absolute atomic E-state index is 0.0382. The highest BCUT2D eigenvalue weighted by Gasteiger charge is 2.22. The van der Waals surface area contributed by atoms with E-state index >= 15 is 0 Å². The van der Waals surface area contributed by atoms with Gasteiger partial charge in [-0.05, 0) is 6.42 Å². The van der Waals surface area contributed by atoms with Gasteiger partial charge in [0.05, 0.1) is 18.0 Å². The summed E-state index contributed by atoms with van der Waals surface area (Å²) in [5.74, 6) is -0.199. The number of hydrogen-bond acceptors (Lipinski definition) is 3. The lowest BCUT2D eigenvalue weighted by molar-refractivity contribution is -0.137. The van der Waals surface area contributed by atoms with Crippen LogP contribution in [0.4, 0.5) is 0 Å². The van der Waals surface area contributed by atoms with Gasteiger partial charge in [-0.2, -0.15) is 0 Å². The predicted octanol–water partition coefficient (Wildman–Crippen LogP) is -0.647. The van der Waals surface area contributed by atoms with E-state index in [9.17, 15) is 9.59 Å². The average Bonchev–Trinajstić information content (AvgIpc) is 2.28. The lowest BCUT2D eigenvalue weighted by atomic mass is 10.3. The van der Waals surface area contributed by atoms with Crippen molar-refractivity contribution >= 4 is 29.0 Å². The van der Waals surface area contributed by atoms with E-state index in [4.69, 9.17) is 5.73 Å². The van der Waals surface area contributed by atoms with E-state index in [2.05, 4.69) is 12.2 Å². The molecule has 2 N–H and O–H groups in total. The molecule has 1 aliphatic rings. The largest absolute Gasteiger partial charge is 0.393 e. The molecule has 0 aromatic rings. The molecule has 1 saturated heterocycles. The van der Waals surface area contributed by atoms with Gasteiger partial charge in [-0.1, -0.05) is 12.2 Å². The maximum atomic E-state index is 11.6. The summed E-state index contributed by atoms with van der Waals surface area (Å²) in [5, 5.41) is 0. The number of thiocarbonyl (C=S) groups is 1. The van der Waals surface area contributed by atoms with Crippen LogP contribution in [0.3, 0.4) is 0 Å². The SMILES string of the molecule is CN1CCCN(C(=O)CC(N)=S)CC1=O. The number of carbonyl (C=O) groups excluding carboxylic acids is 2. The molecule has 15 heavy (non-hydrogen) atoms. The van der Waals surface area contributed by atoms with Gasteiger partial charge in [0.2, 0.25) is 11.8 Å². The van der Waals surface area contributed by atoms with E-state index < -0.39 is 0 Å². The van der Waals surface area contributed by atoms with Gasteiger partial charge in [-0.3, -0.25) is 9.59 Å². The number of nitrogens with zero attached hydrogens (tertiary/aromatic N) is 2. The van der Waals surface area contributed by atoms with Crippen molar-refractivity contribution in [3.8, 4) is 0 Å². The third-order valence-electron chi connectivity index (χ3n) is 2.35. The molecule has 0 bridgehead atoms. The lowest BCUT2D eigenvalue weighted by Gasteiger charge is -2.19. The Morgan fingerprint density at radius 2 is 2.20 bits per heavy atom. The minimum Gasteiger partial charge on any atom is -0.393 e. The lowest BCUT2D eigenvalue weighted by Crippen LogP contribution is -2.39. The molecule has 1 aliphatic heterocycles. The molecule has 1 rings (SSSR count). The van der Waals surface area contributed by atoms with Gasteiger partial charge in [0, 0.05) is 20.1 Å². The maximum Gasteiger partial charge on any atom is 0.241 e. The number of nitrogens with two attached hydrogens (primary N) is 1.